The minimum absolute atomic E-state index is 0.00833. The number of unbranched alkanes of at least 4 members (excludes halogenated alkanes) is 1. The number of anilines is 1. The zero-order valence-electron chi connectivity index (χ0n) is 28.3. The minimum Gasteiger partial charge on any atom is -0.497 e. The Labute approximate surface area is 284 Å². The number of carbonyl (C=O) groups excluding carboxylic acids is 2. The molecule has 1 N–H and O–H groups in total. The molecule has 0 aliphatic carbocycles. The van der Waals surface area contributed by atoms with Gasteiger partial charge in [0.1, 0.15) is 24.1 Å². The monoisotopic (exact) mass is 671 g/mol. The van der Waals surface area contributed by atoms with Gasteiger partial charge in [-0.3, -0.25) is 13.9 Å². The van der Waals surface area contributed by atoms with Gasteiger partial charge >= 0.3 is 0 Å². The first-order valence-electron chi connectivity index (χ1n) is 16.1. The summed E-state index contributed by atoms with van der Waals surface area (Å²) in [5, 5.41) is 3.01. The molecule has 4 aromatic rings. The Balaban J connectivity index is 1.85. The number of sulfonamides is 1. The molecule has 4 aromatic carbocycles. The van der Waals surface area contributed by atoms with Crippen LogP contribution in [0.5, 0.6) is 11.5 Å². The predicted molar refractivity (Wildman–Crippen MR) is 189 cm³/mol. The van der Waals surface area contributed by atoms with E-state index in [4.69, 9.17) is 9.47 Å². The molecule has 254 valence electrons. The minimum atomic E-state index is -4.31. The molecule has 0 fully saturated rings. The molecule has 0 aromatic heterocycles. The number of benzene rings is 4. The summed E-state index contributed by atoms with van der Waals surface area (Å²) in [6.07, 6.45) is 1.92. The van der Waals surface area contributed by atoms with Crippen LogP contribution in [0, 0.1) is 13.8 Å². The van der Waals surface area contributed by atoms with E-state index in [0.717, 1.165) is 39.4 Å². The van der Waals surface area contributed by atoms with Crippen LogP contribution in [0.3, 0.4) is 0 Å². The first-order chi connectivity index (χ1) is 23.1. The van der Waals surface area contributed by atoms with Gasteiger partial charge in [0.15, 0.2) is 0 Å². The van der Waals surface area contributed by atoms with Crippen molar-refractivity contribution >= 4 is 27.5 Å². The van der Waals surface area contributed by atoms with Crippen LogP contribution < -0.4 is 19.1 Å². The van der Waals surface area contributed by atoms with Crippen molar-refractivity contribution in [2.24, 2.45) is 0 Å². The van der Waals surface area contributed by atoms with Gasteiger partial charge in [0.25, 0.3) is 10.0 Å². The lowest BCUT2D eigenvalue weighted by Crippen LogP contribution is -2.53. The largest absolute Gasteiger partial charge is 0.497 e. The van der Waals surface area contributed by atoms with Crippen molar-refractivity contribution in [2.45, 2.75) is 57.5 Å². The van der Waals surface area contributed by atoms with Gasteiger partial charge in [-0.15, -0.1) is 0 Å². The fourth-order valence-electron chi connectivity index (χ4n) is 5.29. The Morgan fingerprint density at radius 1 is 0.812 bits per heavy atom. The summed E-state index contributed by atoms with van der Waals surface area (Å²) < 4.78 is 40.9. The van der Waals surface area contributed by atoms with Crippen molar-refractivity contribution in [1.29, 1.82) is 0 Å². The number of hydrogen-bond acceptors (Lipinski definition) is 6. The van der Waals surface area contributed by atoms with Crippen LogP contribution in [0.15, 0.2) is 102 Å². The first-order valence-corrected chi connectivity index (χ1v) is 17.5. The van der Waals surface area contributed by atoms with Crippen LogP contribution in [0.2, 0.25) is 0 Å². The molecule has 9 nitrogen and oxygen atoms in total. The molecule has 0 radical (unpaired) electrons. The molecule has 48 heavy (non-hydrogen) atoms. The third-order valence-electron chi connectivity index (χ3n) is 8.12. The van der Waals surface area contributed by atoms with Crippen LogP contribution in [0.25, 0.3) is 0 Å². The molecule has 0 saturated heterocycles. The number of hydrogen-bond donors (Lipinski definition) is 1. The second kappa shape index (κ2) is 16.8. The van der Waals surface area contributed by atoms with E-state index < -0.39 is 28.5 Å². The molecule has 0 aliphatic heterocycles. The van der Waals surface area contributed by atoms with Crippen molar-refractivity contribution in [3.63, 3.8) is 0 Å². The Morgan fingerprint density at radius 3 is 2.06 bits per heavy atom. The van der Waals surface area contributed by atoms with Gasteiger partial charge in [0.05, 0.1) is 24.8 Å². The van der Waals surface area contributed by atoms with Gasteiger partial charge in [-0.05, 0) is 55.7 Å². The number of carbonyl (C=O) groups is 2. The van der Waals surface area contributed by atoms with Crippen LogP contribution in [-0.2, 0) is 32.6 Å². The Kier molecular flexibility index (Phi) is 12.6. The number of ether oxygens (including phenoxy) is 2. The highest BCUT2D eigenvalue weighted by Crippen LogP contribution is 2.36. The second-order valence-corrected chi connectivity index (χ2v) is 13.6. The first kappa shape index (κ1) is 36.0. The van der Waals surface area contributed by atoms with Crippen molar-refractivity contribution < 1.29 is 27.5 Å². The lowest BCUT2D eigenvalue weighted by Gasteiger charge is -2.34. The maximum atomic E-state index is 14.7. The summed E-state index contributed by atoms with van der Waals surface area (Å²) in [7, 11) is -1.40. The van der Waals surface area contributed by atoms with Gasteiger partial charge in [-0.1, -0.05) is 91.2 Å². The standard InChI is InChI=1S/C38H45N3O6S/c1-6-7-23-39-38(43)35(24-30-11-9-8-10-12-30)40(26-31-17-13-28(2)14-18-31)37(42)27-41(34-25-32(46-4)19-22-36(34)47-5)48(44,45)33-20-15-29(3)16-21-33/h8-22,25,35H,6-7,23-24,26-27H2,1-5H3,(H,39,43)/t35-/m0/s1. The molecule has 1 atom stereocenters. The Morgan fingerprint density at radius 2 is 1.46 bits per heavy atom. The number of aryl methyl sites for hydroxylation is 2. The van der Waals surface area contributed by atoms with Crippen molar-refractivity contribution in [3.8, 4) is 11.5 Å². The maximum Gasteiger partial charge on any atom is 0.264 e. The van der Waals surface area contributed by atoms with Gasteiger partial charge < -0.3 is 19.7 Å². The fourth-order valence-corrected chi connectivity index (χ4v) is 6.71. The molecule has 0 saturated carbocycles. The summed E-state index contributed by atoms with van der Waals surface area (Å²) in [5.41, 5.74) is 3.75. The Bertz CT molecular complexity index is 1760. The third-order valence-corrected chi connectivity index (χ3v) is 9.89. The average Bonchev–Trinajstić information content (AvgIpc) is 3.09. The number of rotatable bonds is 16. The third kappa shape index (κ3) is 9.16. The number of nitrogens with zero attached hydrogens (tertiary/aromatic N) is 2. The smallest absolute Gasteiger partial charge is 0.264 e. The molecule has 0 aliphatic rings. The Hall–Kier alpha value is -4.83. The normalized spacial score (nSPS) is 11.8. The second-order valence-electron chi connectivity index (χ2n) is 11.7. The molecule has 2 amide bonds. The van der Waals surface area contributed by atoms with E-state index in [0.29, 0.717) is 12.3 Å². The van der Waals surface area contributed by atoms with Crippen LogP contribution in [-0.4, -0.2) is 58.5 Å². The van der Waals surface area contributed by atoms with Gasteiger partial charge in [0, 0.05) is 25.6 Å². The molecule has 0 bridgehead atoms. The van der Waals surface area contributed by atoms with E-state index in [9.17, 15) is 18.0 Å². The van der Waals surface area contributed by atoms with Crippen molar-refractivity contribution in [1.82, 2.24) is 10.2 Å². The van der Waals surface area contributed by atoms with E-state index in [1.165, 1.54) is 37.3 Å². The summed E-state index contributed by atoms with van der Waals surface area (Å²) in [4.78, 5) is 30.1. The van der Waals surface area contributed by atoms with Crippen LogP contribution >= 0.6 is 0 Å². The highest BCUT2D eigenvalue weighted by molar-refractivity contribution is 7.92. The number of nitrogens with one attached hydrogen (secondary N) is 1. The van der Waals surface area contributed by atoms with E-state index in [-0.39, 0.29) is 35.2 Å². The molecular weight excluding hydrogens is 627 g/mol. The number of methoxy groups -OCH3 is 2. The molecule has 0 spiro atoms. The van der Waals surface area contributed by atoms with E-state index in [1.807, 2.05) is 75.4 Å². The summed E-state index contributed by atoms with van der Waals surface area (Å²) in [5.74, 6) is -0.235. The fraction of sp³-hybridized carbons (Fsp3) is 0.316. The number of amides is 2. The SMILES string of the molecule is CCCCNC(=O)[C@H](Cc1ccccc1)N(Cc1ccc(C)cc1)C(=O)CN(c1cc(OC)ccc1OC)S(=O)(=O)c1ccc(C)cc1. The van der Waals surface area contributed by atoms with Crippen molar-refractivity contribution in [2.75, 3.05) is 31.6 Å². The summed E-state index contributed by atoms with van der Waals surface area (Å²) in [6, 6.07) is 27.5. The van der Waals surface area contributed by atoms with Gasteiger partial charge in [-0.2, -0.15) is 0 Å². The highest BCUT2D eigenvalue weighted by Gasteiger charge is 2.35. The quantitative estimate of drug-likeness (QED) is 0.145. The summed E-state index contributed by atoms with van der Waals surface area (Å²) in [6.45, 7) is 5.83. The highest BCUT2D eigenvalue weighted by atomic mass is 32.2. The molecule has 0 heterocycles. The average molecular weight is 672 g/mol. The zero-order valence-corrected chi connectivity index (χ0v) is 29.1. The maximum absolute atomic E-state index is 14.7. The van der Waals surface area contributed by atoms with Crippen LogP contribution in [0.1, 0.15) is 42.0 Å². The van der Waals surface area contributed by atoms with E-state index in [2.05, 4.69) is 5.32 Å². The molecule has 10 heteroatoms. The van der Waals surface area contributed by atoms with E-state index in [1.54, 1.807) is 24.3 Å². The van der Waals surface area contributed by atoms with E-state index >= 15 is 0 Å². The molecular formula is C38H45N3O6S. The zero-order chi connectivity index (χ0) is 34.7. The molecule has 4 rings (SSSR count). The lowest BCUT2D eigenvalue weighted by atomic mass is 10.0. The van der Waals surface area contributed by atoms with Gasteiger partial charge in [-0.25, -0.2) is 8.42 Å². The van der Waals surface area contributed by atoms with Crippen molar-refractivity contribution in [3.05, 3.63) is 119 Å². The summed E-state index contributed by atoms with van der Waals surface area (Å²) >= 11 is 0. The lowest BCUT2D eigenvalue weighted by molar-refractivity contribution is -0.140. The molecule has 0 unspecified atom stereocenters. The topological polar surface area (TPSA) is 105 Å². The van der Waals surface area contributed by atoms with Gasteiger partial charge in [0.2, 0.25) is 11.8 Å². The van der Waals surface area contributed by atoms with Crippen LogP contribution in [0.4, 0.5) is 5.69 Å². The predicted octanol–water partition coefficient (Wildman–Crippen LogP) is 6.07.